The molecule has 128 valence electrons. The van der Waals surface area contributed by atoms with Crippen molar-refractivity contribution in [1.82, 2.24) is 0 Å². The summed E-state index contributed by atoms with van der Waals surface area (Å²) in [6.45, 7) is 4.21. The first-order chi connectivity index (χ1) is 11.7. The van der Waals surface area contributed by atoms with Gasteiger partial charge in [-0.2, -0.15) is 0 Å². The smallest absolute Gasteiger partial charge is 0.435 e. The van der Waals surface area contributed by atoms with E-state index in [4.69, 9.17) is 9.47 Å². The zero-order valence-corrected chi connectivity index (χ0v) is 13.6. The zero-order chi connectivity index (χ0) is 17.6. The van der Waals surface area contributed by atoms with Crippen molar-refractivity contribution >= 4 is 12.3 Å². The molecule has 6 nitrogen and oxygen atoms in total. The third-order valence-electron chi connectivity index (χ3n) is 2.41. The van der Waals surface area contributed by atoms with Crippen molar-refractivity contribution in [2.24, 2.45) is 0 Å². The van der Waals surface area contributed by atoms with Gasteiger partial charge in [0.1, 0.15) is 11.5 Å². The van der Waals surface area contributed by atoms with Crippen LogP contribution < -0.4 is 9.47 Å². The molecule has 0 amide bonds. The minimum Gasteiger partial charge on any atom is -0.435 e. The van der Waals surface area contributed by atoms with Crippen LogP contribution in [0.25, 0.3) is 0 Å². The van der Waals surface area contributed by atoms with Gasteiger partial charge in [0.25, 0.3) is 0 Å². The maximum atomic E-state index is 11.3. The van der Waals surface area contributed by atoms with Gasteiger partial charge in [-0.1, -0.05) is 36.4 Å². The highest BCUT2D eigenvalue weighted by Gasteiger charge is 2.06. The highest BCUT2D eigenvalue weighted by atomic mass is 16.7. The average Bonchev–Trinajstić information content (AvgIpc) is 2.58. The highest BCUT2D eigenvalue weighted by Crippen LogP contribution is 2.12. The number of hydrogen-bond acceptors (Lipinski definition) is 6. The Morgan fingerprint density at radius 3 is 1.38 bits per heavy atom. The predicted molar refractivity (Wildman–Crippen MR) is 88.2 cm³/mol. The SMILES string of the molecule is CCOC(=O)OCC.O=C(Oc1ccccc1)Oc1ccccc1. The van der Waals surface area contributed by atoms with Gasteiger partial charge in [0.05, 0.1) is 13.2 Å². The van der Waals surface area contributed by atoms with E-state index in [-0.39, 0.29) is 0 Å². The monoisotopic (exact) mass is 332 g/mol. The first kappa shape index (κ1) is 19.0. The Balaban J connectivity index is 0.000000307. The molecule has 0 bridgehead atoms. The maximum absolute atomic E-state index is 11.3. The quantitative estimate of drug-likeness (QED) is 0.609. The van der Waals surface area contributed by atoms with Crippen LogP contribution in [-0.2, 0) is 9.47 Å². The molecule has 0 N–H and O–H groups in total. The first-order valence-corrected chi connectivity index (χ1v) is 7.45. The van der Waals surface area contributed by atoms with Gasteiger partial charge >= 0.3 is 12.3 Å². The van der Waals surface area contributed by atoms with Crippen molar-refractivity contribution in [1.29, 1.82) is 0 Å². The minimum atomic E-state index is -0.739. The summed E-state index contributed by atoms with van der Waals surface area (Å²) in [5.74, 6) is 0.923. The second-order valence-corrected chi connectivity index (χ2v) is 4.20. The standard InChI is InChI=1S/C13H10O3.C5H10O3/c14-13(15-11-7-3-1-4-8-11)16-12-9-5-2-6-10-12;1-3-7-5(6)8-4-2/h1-10H;3-4H2,1-2H3. The average molecular weight is 332 g/mol. The fraction of sp³-hybridized carbons (Fsp3) is 0.222. The molecule has 0 aliphatic carbocycles. The molecule has 0 fully saturated rings. The zero-order valence-electron chi connectivity index (χ0n) is 13.6. The van der Waals surface area contributed by atoms with E-state index < -0.39 is 12.3 Å². The van der Waals surface area contributed by atoms with E-state index in [0.29, 0.717) is 24.7 Å². The second kappa shape index (κ2) is 11.5. The van der Waals surface area contributed by atoms with E-state index in [2.05, 4.69) is 9.47 Å². The molecule has 0 aliphatic heterocycles. The fourth-order valence-corrected chi connectivity index (χ4v) is 1.47. The van der Waals surface area contributed by atoms with Crippen LogP contribution in [0.2, 0.25) is 0 Å². The number of benzene rings is 2. The summed E-state index contributed by atoms with van der Waals surface area (Å²) in [7, 11) is 0. The van der Waals surface area contributed by atoms with Crippen LogP contribution in [0.15, 0.2) is 60.7 Å². The Labute approximate surface area is 140 Å². The Morgan fingerprint density at radius 2 is 1.04 bits per heavy atom. The van der Waals surface area contributed by atoms with Gasteiger partial charge < -0.3 is 18.9 Å². The Kier molecular flexibility index (Phi) is 9.14. The van der Waals surface area contributed by atoms with E-state index in [1.807, 2.05) is 12.1 Å². The highest BCUT2D eigenvalue weighted by molar-refractivity contribution is 5.66. The fourth-order valence-electron chi connectivity index (χ4n) is 1.47. The molecule has 0 unspecified atom stereocenters. The molecule has 0 atom stereocenters. The molecule has 24 heavy (non-hydrogen) atoms. The summed E-state index contributed by atoms with van der Waals surface area (Å²) in [4.78, 5) is 21.5. The van der Waals surface area contributed by atoms with Crippen LogP contribution in [-0.4, -0.2) is 25.5 Å². The molecule has 0 saturated carbocycles. The molecule has 0 aromatic heterocycles. The number of rotatable bonds is 4. The molecular weight excluding hydrogens is 312 g/mol. The van der Waals surface area contributed by atoms with Crippen molar-refractivity contribution < 1.29 is 28.5 Å². The second-order valence-electron chi connectivity index (χ2n) is 4.20. The Bertz CT molecular complexity index is 546. The van der Waals surface area contributed by atoms with E-state index in [0.717, 1.165) is 0 Å². The van der Waals surface area contributed by atoms with Gasteiger partial charge in [-0.3, -0.25) is 0 Å². The molecule has 0 spiro atoms. The van der Waals surface area contributed by atoms with E-state index in [1.165, 1.54) is 0 Å². The maximum Gasteiger partial charge on any atom is 0.519 e. The number of carbonyl (C=O) groups excluding carboxylic acids is 2. The third kappa shape index (κ3) is 8.43. The van der Waals surface area contributed by atoms with Crippen molar-refractivity contribution in [2.75, 3.05) is 13.2 Å². The minimum absolute atomic E-state index is 0.374. The van der Waals surface area contributed by atoms with Crippen molar-refractivity contribution in [3.8, 4) is 11.5 Å². The molecule has 2 rings (SSSR count). The number of hydrogen-bond donors (Lipinski definition) is 0. The number of carbonyl (C=O) groups is 2. The number of ether oxygens (including phenoxy) is 4. The molecule has 2 aromatic carbocycles. The van der Waals surface area contributed by atoms with Crippen molar-refractivity contribution in [3.05, 3.63) is 60.7 Å². The van der Waals surface area contributed by atoms with E-state index in [1.54, 1.807) is 62.4 Å². The summed E-state index contributed by atoms with van der Waals surface area (Å²) in [5, 5.41) is 0. The van der Waals surface area contributed by atoms with Gasteiger partial charge in [0.2, 0.25) is 0 Å². The Hall–Kier alpha value is -3.02. The lowest BCUT2D eigenvalue weighted by Crippen LogP contribution is -2.13. The lowest BCUT2D eigenvalue weighted by atomic mass is 10.3. The molecule has 0 aliphatic rings. The van der Waals surface area contributed by atoms with Gasteiger partial charge in [-0.05, 0) is 38.1 Å². The number of para-hydroxylation sites is 2. The lowest BCUT2D eigenvalue weighted by molar-refractivity contribution is 0.0630. The summed E-state index contributed by atoms with van der Waals surface area (Å²) in [6.07, 6.45) is -1.33. The molecule has 0 radical (unpaired) electrons. The first-order valence-electron chi connectivity index (χ1n) is 7.45. The predicted octanol–water partition coefficient (Wildman–Crippen LogP) is 4.44. The summed E-state index contributed by atoms with van der Waals surface area (Å²) >= 11 is 0. The van der Waals surface area contributed by atoms with Gasteiger partial charge in [0.15, 0.2) is 0 Å². The van der Waals surface area contributed by atoms with Gasteiger partial charge in [-0.15, -0.1) is 0 Å². The molecular formula is C18H20O6. The molecule has 0 saturated heterocycles. The van der Waals surface area contributed by atoms with E-state index in [9.17, 15) is 9.59 Å². The molecule has 0 heterocycles. The molecule has 6 heteroatoms. The van der Waals surface area contributed by atoms with Crippen LogP contribution in [0.1, 0.15) is 13.8 Å². The van der Waals surface area contributed by atoms with E-state index >= 15 is 0 Å². The third-order valence-corrected chi connectivity index (χ3v) is 2.41. The van der Waals surface area contributed by atoms with Crippen molar-refractivity contribution in [2.45, 2.75) is 13.8 Å². The lowest BCUT2D eigenvalue weighted by Gasteiger charge is -2.04. The van der Waals surface area contributed by atoms with Crippen LogP contribution in [0, 0.1) is 0 Å². The Morgan fingerprint density at radius 1 is 0.667 bits per heavy atom. The van der Waals surface area contributed by atoms with Crippen molar-refractivity contribution in [3.63, 3.8) is 0 Å². The van der Waals surface area contributed by atoms with Crippen LogP contribution in [0.3, 0.4) is 0 Å². The summed E-state index contributed by atoms with van der Waals surface area (Å²) in [5.41, 5.74) is 0. The van der Waals surface area contributed by atoms with Crippen LogP contribution in [0.5, 0.6) is 11.5 Å². The summed E-state index contributed by atoms with van der Waals surface area (Å²) in [6, 6.07) is 17.6. The molecule has 2 aromatic rings. The van der Waals surface area contributed by atoms with Crippen LogP contribution >= 0.6 is 0 Å². The van der Waals surface area contributed by atoms with Crippen LogP contribution in [0.4, 0.5) is 9.59 Å². The largest absolute Gasteiger partial charge is 0.519 e. The topological polar surface area (TPSA) is 71.1 Å². The summed E-state index contributed by atoms with van der Waals surface area (Å²) < 4.78 is 18.8. The normalized spacial score (nSPS) is 9.08. The van der Waals surface area contributed by atoms with Gasteiger partial charge in [0, 0.05) is 0 Å². The van der Waals surface area contributed by atoms with Gasteiger partial charge in [-0.25, -0.2) is 9.59 Å².